The maximum absolute atomic E-state index is 10.8. The van der Waals surface area contributed by atoms with Crippen molar-refractivity contribution in [1.29, 1.82) is 0 Å². The van der Waals surface area contributed by atoms with E-state index in [1.165, 1.54) is 18.3 Å². The Labute approximate surface area is 97.3 Å². The normalized spacial score (nSPS) is 9.88. The Morgan fingerprint density at radius 3 is 2.59 bits per heavy atom. The quantitative estimate of drug-likeness (QED) is 0.479. The van der Waals surface area contributed by atoms with Crippen molar-refractivity contribution in [2.24, 2.45) is 0 Å². The molecule has 3 N–H and O–H groups in total. The Morgan fingerprint density at radius 1 is 1.24 bits per heavy atom. The number of nitrogens with two attached hydrogens (primary N) is 1. The molecule has 6 heteroatoms. The number of aromatic nitrogens is 1. The van der Waals surface area contributed by atoms with Gasteiger partial charge in [-0.1, -0.05) is 0 Å². The first kappa shape index (κ1) is 10.9. The van der Waals surface area contributed by atoms with Crippen molar-refractivity contribution in [1.82, 2.24) is 4.98 Å². The van der Waals surface area contributed by atoms with Gasteiger partial charge < -0.3 is 11.1 Å². The molecule has 86 valence electrons. The van der Waals surface area contributed by atoms with Gasteiger partial charge in [0.2, 0.25) is 5.82 Å². The second-order valence-electron chi connectivity index (χ2n) is 3.38. The first-order chi connectivity index (χ1) is 8.16. The third-order valence-electron chi connectivity index (χ3n) is 2.16. The molecule has 0 fully saturated rings. The predicted octanol–water partition coefficient (Wildman–Crippen LogP) is 2.32. The Morgan fingerprint density at radius 2 is 1.94 bits per heavy atom. The molecule has 2 aromatic rings. The SMILES string of the molecule is Nc1ccc(Nc2ncccc2[N+](=O)[O-])cc1. The van der Waals surface area contributed by atoms with Gasteiger partial charge >= 0.3 is 5.69 Å². The van der Waals surface area contributed by atoms with Crippen molar-refractivity contribution in [2.45, 2.75) is 0 Å². The molecule has 0 amide bonds. The largest absolute Gasteiger partial charge is 0.399 e. The molecule has 0 aliphatic rings. The molecule has 0 unspecified atom stereocenters. The number of benzene rings is 1. The number of rotatable bonds is 3. The van der Waals surface area contributed by atoms with Gasteiger partial charge in [-0.25, -0.2) is 4.98 Å². The van der Waals surface area contributed by atoms with Crippen LogP contribution in [0.4, 0.5) is 22.9 Å². The van der Waals surface area contributed by atoms with Gasteiger partial charge in [0.1, 0.15) is 0 Å². The standard InChI is InChI=1S/C11H10N4O2/c12-8-3-5-9(6-4-8)14-11-10(15(16)17)2-1-7-13-11/h1-7H,12H2,(H,13,14). The van der Waals surface area contributed by atoms with Crippen molar-refractivity contribution < 1.29 is 4.92 Å². The van der Waals surface area contributed by atoms with Crippen LogP contribution in [0.2, 0.25) is 0 Å². The third kappa shape index (κ3) is 2.49. The molecule has 0 atom stereocenters. The fourth-order valence-electron chi connectivity index (χ4n) is 1.34. The number of nitro groups is 1. The summed E-state index contributed by atoms with van der Waals surface area (Å²) in [5.74, 6) is 0.210. The first-order valence-electron chi connectivity index (χ1n) is 4.89. The molecule has 0 aliphatic heterocycles. The summed E-state index contributed by atoms with van der Waals surface area (Å²) in [5.41, 5.74) is 6.81. The minimum absolute atomic E-state index is 0.0654. The van der Waals surface area contributed by atoms with Crippen molar-refractivity contribution in [3.8, 4) is 0 Å². The fourth-order valence-corrected chi connectivity index (χ4v) is 1.34. The van der Waals surface area contributed by atoms with Crippen molar-refractivity contribution in [3.63, 3.8) is 0 Å². The Kier molecular flexibility index (Phi) is 2.87. The summed E-state index contributed by atoms with van der Waals surface area (Å²) in [6.07, 6.45) is 1.49. The van der Waals surface area contributed by atoms with E-state index in [1.807, 2.05) is 0 Å². The zero-order valence-electron chi connectivity index (χ0n) is 8.83. The lowest BCUT2D eigenvalue weighted by Crippen LogP contribution is -1.99. The highest BCUT2D eigenvalue weighted by Crippen LogP contribution is 2.24. The Bertz CT molecular complexity index is 539. The molecule has 17 heavy (non-hydrogen) atoms. The zero-order chi connectivity index (χ0) is 12.3. The number of hydrogen-bond acceptors (Lipinski definition) is 5. The monoisotopic (exact) mass is 230 g/mol. The summed E-state index contributed by atoms with van der Waals surface area (Å²) in [5, 5.41) is 13.6. The van der Waals surface area contributed by atoms with Crippen LogP contribution in [0.15, 0.2) is 42.6 Å². The van der Waals surface area contributed by atoms with E-state index in [0.717, 1.165) is 0 Å². The van der Waals surface area contributed by atoms with E-state index >= 15 is 0 Å². The smallest absolute Gasteiger partial charge is 0.311 e. The van der Waals surface area contributed by atoms with Crippen LogP contribution in [-0.2, 0) is 0 Å². The summed E-state index contributed by atoms with van der Waals surface area (Å²) < 4.78 is 0. The molecule has 1 aromatic heterocycles. The molecular formula is C11H10N4O2. The number of nitrogens with zero attached hydrogens (tertiary/aromatic N) is 2. The van der Waals surface area contributed by atoms with Gasteiger partial charge in [-0.3, -0.25) is 10.1 Å². The second kappa shape index (κ2) is 4.48. The molecular weight excluding hydrogens is 220 g/mol. The topological polar surface area (TPSA) is 94.1 Å². The molecule has 2 rings (SSSR count). The summed E-state index contributed by atoms with van der Waals surface area (Å²) in [4.78, 5) is 14.2. The maximum Gasteiger partial charge on any atom is 0.311 e. The molecule has 0 aliphatic carbocycles. The Hall–Kier alpha value is -2.63. The van der Waals surface area contributed by atoms with Gasteiger partial charge in [0.05, 0.1) is 4.92 Å². The van der Waals surface area contributed by atoms with Crippen LogP contribution in [0.5, 0.6) is 0 Å². The van der Waals surface area contributed by atoms with Crippen LogP contribution in [0.3, 0.4) is 0 Å². The fraction of sp³-hybridized carbons (Fsp3) is 0. The summed E-state index contributed by atoms with van der Waals surface area (Å²) in [6.45, 7) is 0. The summed E-state index contributed by atoms with van der Waals surface area (Å²) >= 11 is 0. The molecule has 0 bridgehead atoms. The van der Waals surface area contributed by atoms with Gasteiger partial charge in [-0.2, -0.15) is 0 Å². The van der Waals surface area contributed by atoms with Crippen molar-refractivity contribution in [3.05, 3.63) is 52.7 Å². The lowest BCUT2D eigenvalue weighted by atomic mass is 10.3. The van der Waals surface area contributed by atoms with E-state index in [9.17, 15) is 10.1 Å². The lowest BCUT2D eigenvalue weighted by Gasteiger charge is -2.05. The number of nitrogen functional groups attached to an aromatic ring is 1. The Balaban J connectivity index is 2.30. The molecule has 0 spiro atoms. The van der Waals surface area contributed by atoms with Crippen LogP contribution in [0, 0.1) is 10.1 Å². The minimum Gasteiger partial charge on any atom is -0.399 e. The van der Waals surface area contributed by atoms with Gasteiger partial charge in [0, 0.05) is 23.6 Å². The van der Waals surface area contributed by atoms with E-state index < -0.39 is 4.92 Å². The van der Waals surface area contributed by atoms with Crippen molar-refractivity contribution in [2.75, 3.05) is 11.1 Å². The van der Waals surface area contributed by atoms with E-state index in [4.69, 9.17) is 5.73 Å². The molecule has 1 heterocycles. The second-order valence-corrected chi connectivity index (χ2v) is 3.38. The molecule has 6 nitrogen and oxygen atoms in total. The summed E-state index contributed by atoms with van der Waals surface area (Å²) in [6, 6.07) is 9.79. The van der Waals surface area contributed by atoms with Gasteiger partial charge in [-0.15, -0.1) is 0 Å². The maximum atomic E-state index is 10.8. The molecule has 0 radical (unpaired) electrons. The molecule has 0 saturated carbocycles. The molecule has 0 saturated heterocycles. The number of hydrogen-bond donors (Lipinski definition) is 2. The number of anilines is 3. The van der Waals surface area contributed by atoms with E-state index in [-0.39, 0.29) is 11.5 Å². The average Bonchev–Trinajstić information content (AvgIpc) is 2.32. The van der Waals surface area contributed by atoms with Crippen LogP contribution in [-0.4, -0.2) is 9.91 Å². The van der Waals surface area contributed by atoms with E-state index in [1.54, 1.807) is 24.3 Å². The number of nitrogens with one attached hydrogen (secondary N) is 1. The highest BCUT2D eigenvalue weighted by Gasteiger charge is 2.13. The highest BCUT2D eigenvalue weighted by atomic mass is 16.6. The first-order valence-corrected chi connectivity index (χ1v) is 4.89. The highest BCUT2D eigenvalue weighted by molar-refractivity contribution is 5.66. The van der Waals surface area contributed by atoms with Crippen LogP contribution in [0.25, 0.3) is 0 Å². The van der Waals surface area contributed by atoms with Crippen LogP contribution >= 0.6 is 0 Å². The predicted molar refractivity (Wildman–Crippen MR) is 65.0 cm³/mol. The van der Waals surface area contributed by atoms with Gasteiger partial charge in [0.15, 0.2) is 0 Å². The minimum atomic E-state index is -0.480. The number of pyridine rings is 1. The lowest BCUT2D eigenvalue weighted by molar-refractivity contribution is -0.384. The van der Waals surface area contributed by atoms with Crippen LogP contribution in [0.1, 0.15) is 0 Å². The summed E-state index contributed by atoms with van der Waals surface area (Å²) in [7, 11) is 0. The average molecular weight is 230 g/mol. The van der Waals surface area contributed by atoms with E-state index in [2.05, 4.69) is 10.3 Å². The van der Waals surface area contributed by atoms with Gasteiger partial charge in [-0.05, 0) is 30.3 Å². The molecule has 1 aromatic carbocycles. The third-order valence-corrected chi connectivity index (χ3v) is 2.16. The van der Waals surface area contributed by atoms with Gasteiger partial charge in [0.25, 0.3) is 0 Å². The van der Waals surface area contributed by atoms with Crippen LogP contribution < -0.4 is 11.1 Å². The van der Waals surface area contributed by atoms with E-state index in [0.29, 0.717) is 11.4 Å². The van der Waals surface area contributed by atoms with Crippen molar-refractivity contribution >= 4 is 22.9 Å². The zero-order valence-corrected chi connectivity index (χ0v) is 8.83.